The van der Waals surface area contributed by atoms with Crippen LogP contribution < -0.4 is 16.4 Å². The summed E-state index contributed by atoms with van der Waals surface area (Å²) >= 11 is 0. The number of hydrogen-bond acceptors (Lipinski definition) is 3. The molecule has 116 valence electrons. The molecule has 0 aliphatic heterocycles. The van der Waals surface area contributed by atoms with Crippen LogP contribution in [-0.2, 0) is 4.79 Å². The van der Waals surface area contributed by atoms with E-state index in [9.17, 15) is 9.59 Å². The first-order valence-electron chi connectivity index (χ1n) is 7.45. The van der Waals surface area contributed by atoms with Crippen molar-refractivity contribution in [2.24, 2.45) is 11.7 Å². The van der Waals surface area contributed by atoms with Crippen LogP contribution in [0.1, 0.15) is 43.5 Å². The molecule has 1 rings (SSSR count). The van der Waals surface area contributed by atoms with Crippen LogP contribution in [0.4, 0.5) is 5.69 Å². The van der Waals surface area contributed by atoms with Crippen LogP contribution in [0, 0.1) is 5.92 Å². The summed E-state index contributed by atoms with van der Waals surface area (Å²) in [6.07, 6.45) is 2.21. The molecule has 0 saturated carbocycles. The molecule has 4 N–H and O–H groups in total. The Kier molecular flexibility index (Phi) is 7.46. The van der Waals surface area contributed by atoms with Crippen molar-refractivity contribution in [2.45, 2.75) is 33.1 Å². The fourth-order valence-electron chi connectivity index (χ4n) is 2.03. The van der Waals surface area contributed by atoms with Crippen molar-refractivity contribution in [3.8, 4) is 0 Å². The quantitative estimate of drug-likeness (QED) is 0.686. The van der Waals surface area contributed by atoms with Crippen molar-refractivity contribution in [1.82, 2.24) is 5.32 Å². The number of carbonyl (C=O) groups excluding carboxylic acids is 2. The summed E-state index contributed by atoms with van der Waals surface area (Å²) in [4.78, 5) is 23.6. The number of nitrogens with one attached hydrogen (secondary N) is 2. The molecular weight excluding hydrogens is 266 g/mol. The normalized spacial score (nSPS) is 11.8. The minimum atomic E-state index is -0.134. The highest BCUT2D eigenvalue weighted by atomic mass is 16.2. The van der Waals surface area contributed by atoms with E-state index in [0.717, 1.165) is 12.8 Å². The highest BCUT2D eigenvalue weighted by molar-refractivity contribution is 5.97. The highest BCUT2D eigenvalue weighted by Crippen LogP contribution is 2.13. The number of anilines is 1. The van der Waals surface area contributed by atoms with Gasteiger partial charge in [0.25, 0.3) is 5.91 Å². The molecule has 0 bridgehead atoms. The van der Waals surface area contributed by atoms with Gasteiger partial charge in [-0.2, -0.15) is 0 Å². The van der Waals surface area contributed by atoms with E-state index in [2.05, 4.69) is 17.6 Å². The lowest BCUT2D eigenvalue weighted by Crippen LogP contribution is -2.22. The summed E-state index contributed by atoms with van der Waals surface area (Å²) < 4.78 is 0. The second-order valence-corrected chi connectivity index (χ2v) is 5.21. The third-order valence-electron chi connectivity index (χ3n) is 3.27. The average molecular weight is 291 g/mol. The van der Waals surface area contributed by atoms with Gasteiger partial charge in [-0.05, 0) is 50.4 Å². The number of rotatable bonds is 8. The van der Waals surface area contributed by atoms with E-state index < -0.39 is 0 Å². The van der Waals surface area contributed by atoms with E-state index in [4.69, 9.17) is 5.73 Å². The third-order valence-corrected chi connectivity index (χ3v) is 3.27. The summed E-state index contributed by atoms with van der Waals surface area (Å²) in [5.41, 5.74) is 6.69. The molecule has 0 spiro atoms. The monoisotopic (exact) mass is 291 g/mol. The number of benzene rings is 1. The van der Waals surface area contributed by atoms with Gasteiger partial charge in [-0.1, -0.05) is 13.0 Å². The molecule has 0 saturated heterocycles. The van der Waals surface area contributed by atoms with Crippen LogP contribution in [0.25, 0.3) is 0 Å². The van der Waals surface area contributed by atoms with Crippen molar-refractivity contribution in [3.05, 3.63) is 29.8 Å². The van der Waals surface area contributed by atoms with E-state index in [1.165, 1.54) is 0 Å². The second kappa shape index (κ2) is 9.13. The van der Waals surface area contributed by atoms with E-state index in [0.29, 0.717) is 36.7 Å². The molecule has 0 aromatic heterocycles. The molecule has 2 amide bonds. The lowest BCUT2D eigenvalue weighted by molar-refractivity contribution is -0.116. The van der Waals surface area contributed by atoms with Crippen LogP contribution in [-0.4, -0.2) is 24.9 Å². The zero-order valence-electron chi connectivity index (χ0n) is 12.8. The molecule has 1 unspecified atom stereocenters. The summed E-state index contributed by atoms with van der Waals surface area (Å²) in [6.45, 7) is 5.19. The van der Waals surface area contributed by atoms with Crippen molar-refractivity contribution < 1.29 is 9.59 Å². The minimum absolute atomic E-state index is 0.0353. The highest BCUT2D eigenvalue weighted by Gasteiger charge is 2.09. The van der Waals surface area contributed by atoms with Gasteiger partial charge in [0.05, 0.1) is 0 Å². The molecule has 5 heteroatoms. The molecule has 0 aliphatic rings. The standard InChI is InChI=1S/C16H25N3O2/c1-3-18-16(21)13-5-4-6-14(11-13)19-15(20)8-7-12(2)9-10-17/h4-6,11-12H,3,7-10,17H2,1-2H3,(H,18,21)(H,19,20). The van der Waals surface area contributed by atoms with Crippen LogP contribution in [0.2, 0.25) is 0 Å². The third kappa shape index (κ3) is 6.40. The van der Waals surface area contributed by atoms with E-state index in [-0.39, 0.29) is 11.8 Å². The lowest BCUT2D eigenvalue weighted by atomic mass is 10.0. The van der Waals surface area contributed by atoms with Gasteiger partial charge in [-0.15, -0.1) is 0 Å². The second-order valence-electron chi connectivity index (χ2n) is 5.21. The first kappa shape index (κ1) is 17.2. The summed E-state index contributed by atoms with van der Waals surface area (Å²) in [5, 5.41) is 5.56. The topological polar surface area (TPSA) is 84.2 Å². The van der Waals surface area contributed by atoms with Crippen molar-refractivity contribution in [3.63, 3.8) is 0 Å². The Balaban J connectivity index is 2.52. The van der Waals surface area contributed by atoms with Crippen LogP contribution >= 0.6 is 0 Å². The molecule has 21 heavy (non-hydrogen) atoms. The molecule has 0 fully saturated rings. The maximum atomic E-state index is 11.9. The van der Waals surface area contributed by atoms with Gasteiger partial charge in [0.1, 0.15) is 0 Å². The van der Waals surface area contributed by atoms with E-state index >= 15 is 0 Å². The SMILES string of the molecule is CCNC(=O)c1cccc(NC(=O)CCC(C)CCN)c1. The van der Waals surface area contributed by atoms with Gasteiger partial charge in [-0.25, -0.2) is 0 Å². The molecule has 1 aromatic rings. The van der Waals surface area contributed by atoms with Gasteiger partial charge < -0.3 is 16.4 Å². The summed E-state index contributed by atoms with van der Waals surface area (Å²) in [6, 6.07) is 6.96. The van der Waals surface area contributed by atoms with Crippen LogP contribution in [0.3, 0.4) is 0 Å². The van der Waals surface area contributed by atoms with E-state index in [1.807, 2.05) is 6.92 Å². The smallest absolute Gasteiger partial charge is 0.251 e. The van der Waals surface area contributed by atoms with Crippen molar-refractivity contribution in [2.75, 3.05) is 18.4 Å². The fourth-order valence-corrected chi connectivity index (χ4v) is 2.03. The molecule has 1 aromatic carbocycles. The summed E-state index contributed by atoms with van der Waals surface area (Å²) in [5.74, 6) is 0.277. The Hall–Kier alpha value is -1.88. The number of nitrogens with two attached hydrogens (primary N) is 1. The Morgan fingerprint density at radius 2 is 2.05 bits per heavy atom. The first-order chi connectivity index (χ1) is 10.1. The molecule has 0 aliphatic carbocycles. The van der Waals surface area contributed by atoms with Gasteiger partial charge in [0.2, 0.25) is 5.91 Å². The average Bonchev–Trinajstić information content (AvgIpc) is 2.46. The number of amides is 2. The van der Waals surface area contributed by atoms with Gasteiger partial charge in [-0.3, -0.25) is 9.59 Å². The zero-order valence-corrected chi connectivity index (χ0v) is 12.8. The maximum absolute atomic E-state index is 11.9. The van der Waals surface area contributed by atoms with Crippen LogP contribution in [0.5, 0.6) is 0 Å². The molecule has 0 heterocycles. The van der Waals surface area contributed by atoms with E-state index in [1.54, 1.807) is 24.3 Å². The predicted molar refractivity (Wildman–Crippen MR) is 85.1 cm³/mol. The van der Waals surface area contributed by atoms with Crippen molar-refractivity contribution in [1.29, 1.82) is 0 Å². The van der Waals surface area contributed by atoms with Gasteiger partial charge >= 0.3 is 0 Å². The minimum Gasteiger partial charge on any atom is -0.352 e. The van der Waals surface area contributed by atoms with Crippen molar-refractivity contribution >= 4 is 17.5 Å². The van der Waals surface area contributed by atoms with Gasteiger partial charge in [0.15, 0.2) is 0 Å². The molecule has 1 atom stereocenters. The largest absolute Gasteiger partial charge is 0.352 e. The Labute approximate surface area is 126 Å². The maximum Gasteiger partial charge on any atom is 0.251 e. The number of hydrogen-bond donors (Lipinski definition) is 3. The van der Waals surface area contributed by atoms with Crippen LogP contribution in [0.15, 0.2) is 24.3 Å². The lowest BCUT2D eigenvalue weighted by Gasteiger charge is -2.10. The summed E-state index contributed by atoms with van der Waals surface area (Å²) in [7, 11) is 0. The zero-order chi connectivity index (χ0) is 15.7. The number of carbonyl (C=O) groups is 2. The molecule has 5 nitrogen and oxygen atoms in total. The molecule has 0 radical (unpaired) electrons. The Bertz CT molecular complexity index is 474. The Morgan fingerprint density at radius 3 is 2.71 bits per heavy atom. The Morgan fingerprint density at radius 1 is 1.29 bits per heavy atom. The van der Waals surface area contributed by atoms with Gasteiger partial charge in [0, 0.05) is 24.2 Å². The predicted octanol–water partition coefficient (Wildman–Crippen LogP) is 2.14. The molecular formula is C16H25N3O2. The first-order valence-corrected chi connectivity index (χ1v) is 7.45. The fraction of sp³-hybridized carbons (Fsp3) is 0.500.